The minimum Gasteiger partial charge on any atom is -0.487 e. The Morgan fingerprint density at radius 3 is 2.82 bits per heavy atom. The Kier molecular flexibility index (Phi) is 6.28. The van der Waals surface area contributed by atoms with Crippen molar-refractivity contribution in [1.82, 2.24) is 10.3 Å². The molecule has 2 aromatic rings. The molecule has 3 heterocycles. The molecule has 1 aromatic heterocycles. The average molecular weight is 452 g/mol. The zero-order valence-electron chi connectivity index (χ0n) is 18.4. The van der Waals surface area contributed by atoms with E-state index in [9.17, 15) is 14.7 Å². The maximum absolute atomic E-state index is 12.5. The molecule has 2 aliphatic heterocycles. The maximum atomic E-state index is 12.5. The van der Waals surface area contributed by atoms with Crippen molar-refractivity contribution in [1.29, 1.82) is 0 Å². The van der Waals surface area contributed by atoms with E-state index >= 15 is 0 Å². The number of aliphatic hydroxyl groups is 1. The standard InChI is InChI=1S/C25H29N3O5/c29-14-22-24-20(10-18(32-22)11-23(30)27-13-15-3-2-8-26-12-15)19-9-17(6-7-21(19)33-24)28-25(31)16-4-1-5-16/h2-3,6-9,12,16,18,20,22,24,29H,1,4-5,10-11,13-14H2,(H,27,30)(H,28,31)/t18-,20+,22+,24-/m1/s1. The normalized spacial score (nSPS) is 25.8. The molecule has 3 aliphatic rings. The second-order valence-electron chi connectivity index (χ2n) is 9.12. The minimum atomic E-state index is -0.514. The lowest BCUT2D eigenvalue weighted by Crippen LogP contribution is -2.47. The van der Waals surface area contributed by atoms with E-state index in [0.29, 0.717) is 13.0 Å². The summed E-state index contributed by atoms with van der Waals surface area (Å²) in [5, 5.41) is 15.9. The zero-order valence-corrected chi connectivity index (χ0v) is 18.4. The Bertz CT molecular complexity index is 1010. The molecule has 0 bridgehead atoms. The Balaban J connectivity index is 1.25. The number of pyridine rings is 1. The van der Waals surface area contributed by atoms with Gasteiger partial charge in [-0.05, 0) is 49.1 Å². The largest absolute Gasteiger partial charge is 0.487 e. The van der Waals surface area contributed by atoms with Crippen LogP contribution in [0, 0.1) is 5.92 Å². The highest BCUT2D eigenvalue weighted by molar-refractivity contribution is 5.93. The van der Waals surface area contributed by atoms with Gasteiger partial charge in [-0.2, -0.15) is 0 Å². The first-order valence-electron chi connectivity index (χ1n) is 11.6. The lowest BCUT2D eigenvalue weighted by molar-refractivity contribution is -0.142. The van der Waals surface area contributed by atoms with Gasteiger partial charge < -0.3 is 25.2 Å². The number of rotatable bonds is 7. The third-order valence-electron chi connectivity index (χ3n) is 6.87. The van der Waals surface area contributed by atoms with Crippen LogP contribution >= 0.6 is 0 Å². The summed E-state index contributed by atoms with van der Waals surface area (Å²) < 4.78 is 12.1. The van der Waals surface area contributed by atoms with Crippen LogP contribution in [-0.2, 0) is 20.9 Å². The summed E-state index contributed by atoms with van der Waals surface area (Å²) in [6.45, 7) is 0.221. The second-order valence-corrected chi connectivity index (χ2v) is 9.12. The number of carbonyl (C=O) groups is 2. The quantitative estimate of drug-likeness (QED) is 0.597. The molecule has 174 valence electrons. The summed E-state index contributed by atoms with van der Waals surface area (Å²) in [5.41, 5.74) is 2.68. The number of hydrogen-bond donors (Lipinski definition) is 3. The number of aliphatic hydroxyl groups excluding tert-OH is 1. The van der Waals surface area contributed by atoms with Gasteiger partial charge in [-0.15, -0.1) is 0 Å². The van der Waals surface area contributed by atoms with Crippen molar-refractivity contribution >= 4 is 17.5 Å². The maximum Gasteiger partial charge on any atom is 0.227 e. The monoisotopic (exact) mass is 451 g/mol. The summed E-state index contributed by atoms with van der Waals surface area (Å²) >= 11 is 0. The molecule has 1 aliphatic carbocycles. The third kappa shape index (κ3) is 4.72. The third-order valence-corrected chi connectivity index (χ3v) is 6.87. The van der Waals surface area contributed by atoms with Gasteiger partial charge in [0.15, 0.2) is 0 Å². The number of anilines is 1. The van der Waals surface area contributed by atoms with Crippen molar-refractivity contribution in [2.24, 2.45) is 5.92 Å². The van der Waals surface area contributed by atoms with Crippen LogP contribution in [0.1, 0.15) is 49.1 Å². The molecule has 1 aromatic carbocycles. The highest BCUT2D eigenvalue weighted by Crippen LogP contribution is 2.47. The van der Waals surface area contributed by atoms with Crippen molar-refractivity contribution in [3.05, 3.63) is 53.9 Å². The van der Waals surface area contributed by atoms with E-state index in [0.717, 1.165) is 41.8 Å². The molecule has 5 rings (SSSR count). The minimum absolute atomic E-state index is 0.0115. The highest BCUT2D eigenvalue weighted by Gasteiger charge is 2.46. The van der Waals surface area contributed by atoms with Crippen LogP contribution in [0.15, 0.2) is 42.7 Å². The van der Waals surface area contributed by atoms with Crippen LogP contribution in [0.3, 0.4) is 0 Å². The average Bonchev–Trinajstić information content (AvgIpc) is 3.14. The fourth-order valence-electron chi connectivity index (χ4n) is 4.86. The molecule has 0 unspecified atom stereocenters. The van der Waals surface area contributed by atoms with Crippen molar-refractivity contribution in [3.8, 4) is 5.75 Å². The van der Waals surface area contributed by atoms with Crippen LogP contribution in [0.25, 0.3) is 0 Å². The Morgan fingerprint density at radius 2 is 2.09 bits per heavy atom. The van der Waals surface area contributed by atoms with E-state index in [1.54, 1.807) is 12.4 Å². The topological polar surface area (TPSA) is 110 Å². The van der Waals surface area contributed by atoms with Gasteiger partial charge in [0.2, 0.25) is 11.8 Å². The fraction of sp³-hybridized carbons (Fsp3) is 0.480. The van der Waals surface area contributed by atoms with E-state index < -0.39 is 6.10 Å². The van der Waals surface area contributed by atoms with E-state index in [4.69, 9.17) is 9.47 Å². The van der Waals surface area contributed by atoms with E-state index in [1.807, 2.05) is 30.3 Å². The molecule has 8 heteroatoms. The van der Waals surface area contributed by atoms with E-state index in [2.05, 4.69) is 15.6 Å². The lowest BCUT2D eigenvalue weighted by atomic mass is 9.83. The summed E-state index contributed by atoms with van der Waals surface area (Å²) in [6, 6.07) is 9.43. The van der Waals surface area contributed by atoms with Crippen molar-refractivity contribution in [2.45, 2.75) is 62.9 Å². The summed E-state index contributed by atoms with van der Waals surface area (Å²) in [7, 11) is 0. The van der Waals surface area contributed by atoms with Gasteiger partial charge in [-0.3, -0.25) is 14.6 Å². The van der Waals surface area contributed by atoms with E-state index in [1.165, 1.54) is 0 Å². The molecule has 2 amide bonds. The summed E-state index contributed by atoms with van der Waals surface area (Å²) in [6.07, 6.45) is 6.07. The van der Waals surface area contributed by atoms with Crippen LogP contribution in [-0.4, -0.2) is 46.8 Å². The van der Waals surface area contributed by atoms with Gasteiger partial charge in [0.1, 0.15) is 18.0 Å². The number of ether oxygens (including phenoxy) is 2. The van der Waals surface area contributed by atoms with E-state index in [-0.39, 0.29) is 48.9 Å². The number of benzene rings is 1. The number of amides is 2. The molecule has 8 nitrogen and oxygen atoms in total. The number of aromatic nitrogens is 1. The fourth-order valence-corrected chi connectivity index (χ4v) is 4.86. The Labute approximate surface area is 192 Å². The highest BCUT2D eigenvalue weighted by atomic mass is 16.6. The number of nitrogens with zero attached hydrogens (tertiary/aromatic N) is 1. The molecule has 1 saturated carbocycles. The van der Waals surface area contributed by atoms with Crippen molar-refractivity contribution < 1.29 is 24.2 Å². The van der Waals surface area contributed by atoms with Gasteiger partial charge in [-0.1, -0.05) is 12.5 Å². The molecule has 33 heavy (non-hydrogen) atoms. The number of fused-ring (bicyclic) bond motifs is 3. The first-order chi connectivity index (χ1) is 16.1. The Hall–Kier alpha value is -2.97. The smallest absolute Gasteiger partial charge is 0.227 e. The molecular formula is C25H29N3O5. The molecule has 0 spiro atoms. The number of carbonyl (C=O) groups excluding carboxylic acids is 2. The second kappa shape index (κ2) is 9.49. The summed E-state index contributed by atoms with van der Waals surface area (Å²) in [5.74, 6) is 0.802. The van der Waals surface area contributed by atoms with Crippen LogP contribution in [0.4, 0.5) is 5.69 Å². The molecule has 3 N–H and O–H groups in total. The van der Waals surface area contributed by atoms with Gasteiger partial charge in [0.05, 0.1) is 19.1 Å². The number of nitrogens with one attached hydrogen (secondary N) is 2. The SMILES string of the molecule is O=C(C[C@H]1C[C@H]2c3cc(NC(=O)C4CCC4)ccc3O[C@H]2[C@H](CO)O1)NCc1cccnc1. The molecule has 1 saturated heterocycles. The van der Waals surface area contributed by atoms with Gasteiger partial charge in [0.25, 0.3) is 0 Å². The first-order valence-corrected chi connectivity index (χ1v) is 11.6. The molecule has 2 fully saturated rings. The number of hydrogen-bond acceptors (Lipinski definition) is 6. The predicted molar refractivity (Wildman–Crippen MR) is 121 cm³/mol. The van der Waals surface area contributed by atoms with Crippen LogP contribution in [0.2, 0.25) is 0 Å². The molecule has 4 atom stereocenters. The van der Waals surface area contributed by atoms with Crippen LogP contribution < -0.4 is 15.4 Å². The first kappa shape index (κ1) is 21.9. The molecule has 0 radical (unpaired) electrons. The molecular weight excluding hydrogens is 422 g/mol. The lowest BCUT2D eigenvalue weighted by Gasteiger charge is -2.37. The van der Waals surface area contributed by atoms with Gasteiger partial charge >= 0.3 is 0 Å². The van der Waals surface area contributed by atoms with Gasteiger partial charge in [-0.25, -0.2) is 0 Å². The van der Waals surface area contributed by atoms with Crippen molar-refractivity contribution in [2.75, 3.05) is 11.9 Å². The summed E-state index contributed by atoms with van der Waals surface area (Å²) in [4.78, 5) is 29.0. The Morgan fingerprint density at radius 1 is 1.21 bits per heavy atom. The van der Waals surface area contributed by atoms with Crippen LogP contribution in [0.5, 0.6) is 5.75 Å². The van der Waals surface area contributed by atoms with Gasteiger partial charge in [0, 0.05) is 42.0 Å². The van der Waals surface area contributed by atoms with Crippen molar-refractivity contribution in [3.63, 3.8) is 0 Å². The zero-order chi connectivity index (χ0) is 22.8. The predicted octanol–water partition coefficient (Wildman–Crippen LogP) is 2.52.